The predicted octanol–water partition coefficient (Wildman–Crippen LogP) is 2.81. The Balaban J connectivity index is 2.05. The minimum atomic E-state index is -1.12. The first-order valence-electron chi connectivity index (χ1n) is 6.66. The van der Waals surface area contributed by atoms with E-state index >= 15 is 0 Å². The highest BCUT2D eigenvalue weighted by molar-refractivity contribution is 5.95. The number of carbonyl (C=O) groups is 2. The first-order chi connectivity index (χ1) is 10.0. The van der Waals surface area contributed by atoms with Crippen LogP contribution in [0.3, 0.4) is 0 Å². The van der Waals surface area contributed by atoms with Gasteiger partial charge in [-0.15, -0.1) is 0 Å². The van der Waals surface area contributed by atoms with Gasteiger partial charge in [-0.3, -0.25) is 4.79 Å². The summed E-state index contributed by atoms with van der Waals surface area (Å²) in [5.74, 6) is -1.43. The van der Waals surface area contributed by atoms with Crippen LogP contribution in [0.15, 0.2) is 41.0 Å². The van der Waals surface area contributed by atoms with E-state index in [1.807, 2.05) is 24.3 Å². The lowest BCUT2D eigenvalue weighted by Crippen LogP contribution is -2.25. The fourth-order valence-corrected chi connectivity index (χ4v) is 1.97. The molecular weight excluding hydrogens is 270 g/mol. The fraction of sp³-hybridized carbons (Fsp3) is 0.250. The molecule has 0 fully saturated rings. The Labute approximate surface area is 122 Å². The Hall–Kier alpha value is -2.56. The molecule has 5 heteroatoms. The predicted molar refractivity (Wildman–Crippen MR) is 77.3 cm³/mol. The highest BCUT2D eigenvalue weighted by Crippen LogP contribution is 2.13. The highest BCUT2D eigenvalue weighted by Gasteiger charge is 2.18. The van der Waals surface area contributed by atoms with Gasteiger partial charge in [0.15, 0.2) is 5.76 Å². The zero-order valence-electron chi connectivity index (χ0n) is 12.0. The molecule has 0 aliphatic rings. The van der Waals surface area contributed by atoms with E-state index in [4.69, 9.17) is 9.52 Å². The van der Waals surface area contributed by atoms with Crippen molar-refractivity contribution in [3.63, 3.8) is 0 Å². The Morgan fingerprint density at radius 1 is 1.19 bits per heavy atom. The molecule has 0 spiro atoms. The molecule has 0 aliphatic carbocycles. The molecule has 2 rings (SSSR count). The van der Waals surface area contributed by atoms with E-state index < -0.39 is 5.97 Å². The van der Waals surface area contributed by atoms with Crippen LogP contribution < -0.4 is 0 Å². The Morgan fingerprint density at radius 3 is 2.33 bits per heavy atom. The minimum absolute atomic E-state index is 0.0279. The van der Waals surface area contributed by atoms with E-state index in [1.54, 1.807) is 7.05 Å². The second kappa shape index (κ2) is 6.26. The first-order valence-corrected chi connectivity index (χ1v) is 6.66. The van der Waals surface area contributed by atoms with Crippen molar-refractivity contribution >= 4 is 11.9 Å². The van der Waals surface area contributed by atoms with Crippen molar-refractivity contribution in [1.82, 2.24) is 4.90 Å². The number of aromatic carboxylic acids is 1. The van der Waals surface area contributed by atoms with Gasteiger partial charge in [0.2, 0.25) is 0 Å². The molecule has 21 heavy (non-hydrogen) atoms. The second-order valence-corrected chi connectivity index (χ2v) is 4.84. The lowest BCUT2D eigenvalue weighted by molar-refractivity contribution is 0.0695. The molecule has 1 amide bonds. The maximum atomic E-state index is 12.1. The number of carboxylic acids is 1. The van der Waals surface area contributed by atoms with Crippen LogP contribution >= 0.6 is 0 Å². The van der Waals surface area contributed by atoms with Crippen LogP contribution in [0.25, 0.3) is 0 Å². The molecule has 0 atom stereocenters. The van der Waals surface area contributed by atoms with Crippen LogP contribution in [-0.2, 0) is 13.0 Å². The number of carboxylic acid groups (broad SMARTS) is 1. The van der Waals surface area contributed by atoms with E-state index in [0.717, 1.165) is 18.2 Å². The van der Waals surface area contributed by atoms with Gasteiger partial charge in [-0.1, -0.05) is 31.2 Å². The number of nitrogens with zero attached hydrogens (tertiary/aromatic N) is 1. The number of hydrogen-bond acceptors (Lipinski definition) is 3. The summed E-state index contributed by atoms with van der Waals surface area (Å²) in [6.45, 7) is 2.52. The van der Waals surface area contributed by atoms with Gasteiger partial charge in [-0.25, -0.2) is 4.79 Å². The molecule has 0 unspecified atom stereocenters. The van der Waals surface area contributed by atoms with Crippen molar-refractivity contribution in [2.45, 2.75) is 19.9 Å². The normalized spacial score (nSPS) is 10.4. The summed E-state index contributed by atoms with van der Waals surface area (Å²) in [6.07, 6.45) is 2.04. The number of furan rings is 1. The standard InChI is InChI=1S/C16H17NO4/c1-3-11-4-6-12(7-5-11)9-17(2)15(18)14-8-13(10-21-14)16(19)20/h4-8,10H,3,9H2,1-2H3,(H,19,20). The summed E-state index contributed by atoms with van der Waals surface area (Å²) in [6, 6.07) is 9.26. The number of rotatable bonds is 5. The maximum Gasteiger partial charge on any atom is 0.338 e. The molecule has 1 aromatic heterocycles. The molecule has 1 heterocycles. The molecule has 0 saturated heterocycles. The molecule has 0 aliphatic heterocycles. The van der Waals surface area contributed by atoms with Crippen molar-refractivity contribution in [3.8, 4) is 0 Å². The fourth-order valence-electron chi connectivity index (χ4n) is 1.97. The summed E-state index contributed by atoms with van der Waals surface area (Å²) in [5.41, 5.74) is 2.22. The van der Waals surface area contributed by atoms with E-state index in [1.165, 1.54) is 16.5 Å². The van der Waals surface area contributed by atoms with Crippen molar-refractivity contribution < 1.29 is 19.1 Å². The largest absolute Gasteiger partial charge is 0.478 e. The molecular formula is C16H17NO4. The molecule has 0 radical (unpaired) electrons. The third-order valence-electron chi connectivity index (χ3n) is 3.25. The molecule has 5 nitrogen and oxygen atoms in total. The van der Waals surface area contributed by atoms with E-state index in [2.05, 4.69) is 6.92 Å². The van der Waals surface area contributed by atoms with Crippen LogP contribution in [-0.4, -0.2) is 28.9 Å². The van der Waals surface area contributed by atoms with Crippen LogP contribution in [0.1, 0.15) is 39.0 Å². The molecule has 1 aromatic carbocycles. The third-order valence-corrected chi connectivity index (χ3v) is 3.25. The van der Waals surface area contributed by atoms with Gasteiger partial charge in [0.25, 0.3) is 5.91 Å². The number of amides is 1. The molecule has 0 saturated carbocycles. The second-order valence-electron chi connectivity index (χ2n) is 4.84. The number of benzene rings is 1. The molecule has 0 bridgehead atoms. The van der Waals surface area contributed by atoms with Crippen LogP contribution in [0, 0.1) is 0 Å². The lowest BCUT2D eigenvalue weighted by atomic mass is 10.1. The zero-order valence-corrected chi connectivity index (χ0v) is 12.0. The first kappa shape index (κ1) is 14.8. The summed E-state index contributed by atoms with van der Waals surface area (Å²) >= 11 is 0. The monoisotopic (exact) mass is 287 g/mol. The summed E-state index contributed by atoms with van der Waals surface area (Å²) in [7, 11) is 1.65. The van der Waals surface area contributed by atoms with Crippen molar-refractivity contribution in [2.24, 2.45) is 0 Å². The number of hydrogen-bond donors (Lipinski definition) is 1. The summed E-state index contributed by atoms with van der Waals surface area (Å²) < 4.78 is 5.01. The summed E-state index contributed by atoms with van der Waals surface area (Å²) in [4.78, 5) is 24.4. The Morgan fingerprint density at radius 2 is 1.81 bits per heavy atom. The van der Waals surface area contributed by atoms with E-state index in [0.29, 0.717) is 6.54 Å². The number of carbonyl (C=O) groups excluding carboxylic acids is 1. The maximum absolute atomic E-state index is 12.1. The average Bonchev–Trinajstić information content (AvgIpc) is 2.97. The number of aryl methyl sites for hydroxylation is 1. The van der Waals surface area contributed by atoms with Gasteiger partial charge in [-0.05, 0) is 17.5 Å². The Kier molecular flexibility index (Phi) is 4.42. The van der Waals surface area contributed by atoms with Crippen molar-refractivity contribution in [3.05, 3.63) is 59.0 Å². The Bertz CT molecular complexity index is 643. The van der Waals surface area contributed by atoms with Crippen molar-refractivity contribution in [2.75, 3.05) is 7.05 Å². The SMILES string of the molecule is CCc1ccc(CN(C)C(=O)c2cc(C(=O)O)co2)cc1. The van der Waals surface area contributed by atoms with Gasteiger partial charge in [0.05, 0.1) is 5.56 Å². The van der Waals surface area contributed by atoms with Gasteiger partial charge >= 0.3 is 5.97 Å². The van der Waals surface area contributed by atoms with Gasteiger partial charge < -0.3 is 14.4 Å². The smallest absolute Gasteiger partial charge is 0.338 e. The van der Waals surface area contributed by atoms with Gasteiger partial charge in [0.1, 0.15) is 6.26 Å². The average molecular weight is 287 g/mol. The molecule has 1 N–H and O–H groups in total. The van der Waals surface area contributed by atoms with Crippen LogP contribution in [0.5, 0.6) is 0 Å². The van der Waals surface area contributed by atoms with Crippen molar-refractivity contribution in [1.29, 1.82) is 0 Å². The minimum Gasteiger partial charge on any atom is -0.478 e. The van der Waals surface area contributed by atoms with E-state index in [9.17, 15) is 9.59 Å². The van der Waals surface area contributed by atoms with E-state index in [-0.39, 0.29) is 17.2 Å². The van der Waals surface area contributed by atoms with Crippen LogP contribution in [0.2, 0.25) is 0 Å². The highest BCUT2D eigenvalue weighted by atomic mass is 16.4. The summed E-state index contributed by atoms with van der Waals surface area (Å²) in [5, 5.41) is 8.82. The third kappa shape index (κ3) is 3.51. The molecule has 2 aromatic rings. The van der Waals surface area contributed by atoms with Gasteiger partial charge in [0, 0.05) is 19.7 Å². The van der Waals surface area contributed by atoms with Gasteiger partial charge in [-0.2, -0.15) is 0 Å². The molecule has 110 valence electrons. The quantitative estimate of drug-likeness (QED) is 0.918. The lowest BCUT2D eigenvalue weighted by Gasteiger charge is -2.16. The topological polar surface area (TPSA) is 70.8 Å². The zero-order chi connectivity index (χ0) is 15.4. The van der Waals surface area contributed by atoms with Crippen LogP contribution in [0.4, 0.5) is 0 Å².